The Hall–Kier alpha value is -0.880. The molecule has 0 aliphatic rings. The molecule has 1 aromatic rings. The fraction of sp³-hybridized carbons (Fsp3) is 0.333. The summed E-state index contributed by atoms with van der Waals surface area (Å²) < 4.78 is 9.72. The first-order chi connectivity index (χ1) is 8.65. The van der Waals surface area contributed by atoms with Gasteiger partial charge >= 0.3 is 11.9 Å². The van der Waals surface area contributed by atoms with Crippen molar-refractivity contribution < 1.29 is 19.1 Å². The maximum Gasteiger partial charge on any atom is 0.324 e. The minimum atomic E-state index is -0.509. The average molecular weight is 380 g/mol. The Bertz CT molecular complexity index is 394. The normalized spacial score (nSPS) is 11.7. The van der Waals surface area contributed by atoms with Gasteiger partial charge in [0.2, 0.25) is 0 Å². The van der Waals surface area contributed by atoms with Crippen molar-refractivity contribution in [2.45, 2.75) is 4.83 Å². The van der Waals surface area contributed by atoms with E-state index in [2.05, 4.69) is 31.9 Å². The van der Waals surface area contributed by atoms with Gasteiger partial charge in [0.05, 0.1) is 0 Å². The summed E-state index contributed by atoms with van der Waals surface area (Å²) in [6, 6.07) is 9.20. The monoisotopic (exact) mass is 378 g/mol. The molecule has 0 N–H and O–H groups in total. The number of halogens is 2. The minimum absolute atomic E-state index is 0.0481. The summed E-state index contributed by atoms with van der Waals surface area (Å²) in [5.41, 5.74) is 0.819. The first-order valence-corrected chi connectivity index (χ1v) is 7.26. The predicted octanol–water partition coefficient (Wildman–Crippen LogP) is 2.60. The van der Waals surface area contributed by atoms with Crippen LogP contribution in [0.3, 0.4) is 0 Å². The van der Waals surface area contributed by atoms with E-state index in [0.717, 1.165) is 5.56 Å². The highest BCUT2D eigenvalue weighted by Crippen LogP contribution is 2.23. The first kappa shape index (κ1) is 15.2. The van der Waals surface area contributed by atoms with Gasteiger partial charge in [0.25, 0.3) is 0 Å². The van der Waals surface area contributed by atoms with Crippen molar-refractivity contribution in [2.75, 3.05) is 18.5 Å². The van der Waals surface area contributed by atoms with Gasteiger partial charge in [-0.1, -0.05) is 62.2 Å². The van der Waals surface area contributed by atoms with Crippen LogP contribution in [-0.2, 0) is 19.1 Å². The van der Waals surface area contributed by atoms with Crippen LogP contribution in [0.4, 0.5) is 0 Å². The second-order valence-corrected chi connectivity index (χ2v) is 4.77. The zero-order chi connectivity index (χ0) is 13.4. The zero-order valence-electron chi connectivity index (χ0n) is 9.47. The van der Waals surface area contributed by atoms with E-state index in [9.17, 15) is 9.59 Å². The minimum Gasteiger partial charge on any atom is -0.461 e. The van der Waals surface area contributed by atoms with Crippen LogP contribution in [0, 0.1) is 0 Å². The van der Waals surface area contributed by atoms with Crippen LogP contribution in [0.1, 0.15) is 10.4 Å². The third-order valence-electron chi connectivity index (χ3n) is 2.00. The molecule has 1 rings (SSSR count). The molecule has 0 spiro atoms. The number of esters is 2. The molecule has 0 aliphatic carbocycles. The number of ether oxygens (including phenoxy) is 2. The molecule has 1 atom stereocenters. The SMILES string of the molecule is O=C(CBr)OCCOC(=O)C(Br)c1ccccc1. The number of hydrogen-bond acceptors (Lipinski definition) is 4. The van der Waals surface area contributed by atoms with Gasteiger partial charge in [-0.25, -0.2) is 0 Å². The Balaban J connectivity index is 2.31. The van der Waals surface area contributed by atoms with E-state index in [-0.39, 0.29) is 24.5 Å². The van der Waals surface area contributed by atoms with Gasteiger partial charge in [0.1, 0.15) is 23.4 Å². The summed E-state index contributed by atoms with van der Waals surface area (Å²) >= 11 is 6.22. The van der Waals surface area contributed by atoms with Gasteiger partial charge in [-0.05, 0) is 5.56 Å². The lowest BCUT2D eigenvalue weighted by molar-refractivity contribution is -0.150. The molecule has 98 valence electrons. The van der Waals surface area contributed by atoms with Crippen LogP contribution >= 0.6 is 31.9 Å². The van der Waals surface area contributed by atoms with E-state index < -0.39 is 10.8 Å². The second kappa shape index (κ2) is 8.26. The Morgan fingerprint density at radius 2 is 1.72 bits per heavy atom. The largest absolute Gasteiger partial charge is 0.461 e. The van der Waals surface area contributed by atoms with Gasteiger partial charge in [-0.15, -0.1) is 0 Å². The smallest absolute Gasteiger partial charge is 0.324 e. The molecule has 6 heteroatoms. The lowest BCUT2D eigenvalue weighted by Crippen LogP contribution is -2.16. The Labute approximate surface area is 122 Å². The van der Waals surface area contributed by atoms with E-state index in [4.69, 9.17) is 9.47 Å². The molecule has 4 nitrogen and oxygen atoms in total. The fourth-order valence-corrected chi connectivity index (χ4v) is 1.77. The van der Waals surface area contributed by atoms with Crippen molar-refractivity contribution in [3.05, 3.63) is 35.9 Å². The molecular weight excluding hydrogens is 368 g/mol. The maximum absolute atomic E-state index is 11.6. The van der Waals surface area contributed by atoms with Gasteiger partial charge in [0.15, 0.2) is 0 Å². The summed E-state index contributed by atoms with van der Waals surface area (Å²) in [5, 5.41) is 0.131. The molecule has 0 saturated carbocycles. The standard InChI is InChI=1S/C12H12Br2O4/c13-8-10(15)17-6-7-18-12(16)11(14)9-4-2-1-3-5-9/h1-5,11H,6-8H2. The quantitative estimate of drug-likeness (QED) is 0.433. The van der Waals surface area contributed by atoms with Crippen LogP contribution in [0.2, 0.25) is 0 Å². The van der Waals surface area contributed by atoms with Crippen molar-refractivity contribution in [1.29, 1.82) is 0 Å². The van der Waals surface area contributed by atoms with Crippen molar-refractivity contribution >= 4 is 43.8 Å². The Kier molecular flexibility index (Phi) is 6.97. The predicted molar refractivity (Wildman–Crippen MR) is 73.8 cm³/mol. The van der Waals surface area contributed by atoms with Gasteiger partial charge in [0, 0.05) is 0 Å². The molecule has 0 heterocycles. The number of carbonyl (C=O) groups excluding carboxylic acids is 2. The summed E-state index contributed by atoms with van der Waals surface area (Å²) in [7, 11) is 0. The van der Waals surface area contributed by atoms with Crippen LogP contribution in [0.25, 0.3) is 0 Å². The highest BCUT2D eigenvalue weighted by molar-refractivity contribution is 9.09. The zero-order valence-corrected chi connectivity index (χ0v) is 12.6. The number of benzene rings is 1. The fourth-order valence-electron chi connectivity index (χ4n) is 1.17. The lowest BCUT2D eigenvalue weighted by Gasteiger charge is -2.10. The molecule has 0 amide bonds. The highest BCUT2D eigenvalue weighted by Gasteiger charge is 2.18. The van der Waals surface area contributed by atoms with Crippen molar-refractivity contribution in [1.82, 2.24) is 0 Å². The van der Waals surface area contributed by atoms with E-state index in [0.29, 0.717) is 0 Å². The van der Waals surface area contributed by atoms with Gasteiger partial charge in [-0.3, -0.25) is 9.59 Å². The third kappa shape index (κ3) is 5.18. The summed E-state index contributed by atoms with van der Waals surface area (Å²) in [5.74, 6) is -0.791. The van der Waals surface area contributed by atoms with Crippen LogP contribution in [0.5, 0.6) is 0 Å². The molecule has 0 radical (unpaired) electrons. The molecule has 0 fully saturated rings. The summed E-state index contributed by atoms with van der Waals surface area (Å²) in [6.07, 6.45) is 0. The molecule has 1 unspecified atom stereocenters. The van der Waals surface area contributed by atoms with Gasteiger partial charge < -0.3 is 9.47 Å². The maximum atomic E-state index is 11.6. The van der Waals surface area contributed by atoms with E-state index in [1.54, 1.807) is 0 Å². The highest BCUT2D eigenvalue weighted by atomic mass is 79.9. The number of alkyl halides is 2. The molecule has 18 heavy (non-hydrogen) atoms. The summed E-state index contributed by atoms with van der Waals surface area (Å²) in [6.45, 7) is 0.108. The van der Waals surface area contributed by atoms with Crippen molar-refractivity contribution in [3.63, 3.8) is 0 Å². The number of rotatable bonds is 6. The Morgan fingerprint density at radius 1 is 1.11 bits per heavy atom. The first-order valence-electron chi connectivity index (χ1n) is 5.22. The molecule has 0 saturated heterocycles. The number of carbonyl (C=O) groups is 2. The average Bonchev–Trinajstić information content (AvgIpc) is 2.43. The molecular formula is C12H12Br2O4. The Morgan fingerprint density at radius 3 is 2.33 bits per heavy atom. The van der Waals surface area contributed by atoms with E-state index in [1.165, 1.54) is 0 Å². The molecule has 1 aromatic carbocycles. The molecule has 0 bridgehead atoms. The lowest BCUT2D eigenvalue weighted by atomic mass is 10.1. The summed E-state index contributed by atoms with van der Waals surface area (Å²) in [4.78, 5) is 21.9. The van der Waals surface area contributed by atoms with Gasteiger partial charge in [-0.2, -0.15) is 0 Å². The second-order valence-electron chi connectivity index (χ2n) is 3.29. The van der Waals surface area contributed by atoms with Crippen LogP contribution in [0.15, 0.2) is 30.3 Å². The number of hydrogen-bond donors (Lipinski definition) is 0. The van der Waals surface area contributed by atoms with E-state index in [1.807, 2.05) is 30.3 Å². The van der Waals surface area contributed by atoms with Crippen molar-refractivity contribution in [2.24, 2.45) is 0 Å². The molecule has 0 aromatic heterocycles. The van der Waals surface area contributed by atoms with Crippen LogP contribution in [-0.4, -0.2) is 30.5 Å². The third-order valence-corrected chi connectivity index (χ3v) is 3.36. The van der Waals surface area contributed by atoms with Crippen molar-refractivity contribution in [3.8, 4) is 0 Å². The topological polar surface area (TPSA) is 52.6 Å². The van der Waals surface area contributed by atoms with Crippen LogP contribution < -0.4 is 0 Å². The molecule has 0 aliphatic heterocycles. The van der Waals surface area contributed by atoms with E-state index >= 15 is 0 Å².